The normalized spacial score (nSPS) is 10.7. The second kappa shape index (κ2) is 9.62. The van der Waals surface area contributed by atoms with Gasteiger partial charge in [0.1, 0.15) is 0 Å². The number of rotatable bonds is 7. The highest BCUT2D eigenvalue weighted by molar-refractivity contribution is 7.71. The molecule has 1 heterocycles. The van der Waals surface area contributed by atoms with Crippen LogP contribution in [0.15, 0.2) is 78.9 Å². The second-order valence-electron chi connectivity index (χ2n) is 7.58. The lowest BCUT2D eigenvalue weighted by Crippen LogP contribution is -2.18. The molecule has 2 N–H and O–H groups in total. The van der Waals surface area contributed by atoms with Gasteiger partial charge in [0.15, 0.2) is 10.6 Å². The number of nitrogens with zero attached hydrogens (tertiary/aromatic N) is 3. The van der Waals surface area contributed by atoms with E-state index in [0.29, 0.717) is 11.3 Å². The molecule has 4 rings (SSSR count). The van der Waals surface area contributed by atoms with Gasteiger partial charge in [-0.3, -0.25) is 14.5 Å². The maximum atomic E-state index is 12.8. The van der Waals surface area contributed by atoms with Gasteiger partial charge in [0.25, 0.3) is 0 Å². The van der Waals surface area contributed by atoms with Crippen molar-refractivity contribution in [2.45, 2.75) is 19.9 Å². The number of carbonyl (C=O) groups excluding carboxylic acids is 1. The highest BCUT2D eigenvalue weighted by atomic mass is 32.1. The van der Waals surface area contributed by atoms with E-state index in [4.69, 9.17) is 12.2 Å². The molecule has 0 atom stereocenters. The van der Waals surface area contributed by atoms with E-state index in [-0.39, 0.29) is 12.3 Å². The number of H-pyrrole nitrogens is 1. The molecule has 162 valence electrons. The van der Waals surface area contributed by atoms with E-state index in [1.165, 1.54) is 5.56 Å². The number of benzene rings is 3. The largest absolute Gasteiger partial charge is 0.343 e. The van der Waals surface area contributed by atoms with Gasteiger partial charge in [0, 0.05) is 31.3 Å². The fourth-order valence-electron chi connectivity index (χ4n) is 3.54. The van der Waals surface area contributed by atoms with Crippen molar-refractivity contribution in [3.8, 4) is 11.4 Å². The van der Waals surface area contributed by atoms with Crippen molar-refractivity contribution in [1.82, 2.24) is 14.8 Å². The Hall–Kier alpha value is -3.71. The first kappa shape index (κ1) is 21.5. The molecule has 0 saturated carbocycles. The van der Waals surface area contributed by atoms with Gasteiger partial charge in [-0.05, 0) is 43.4 Å². The fourth-order valence-corrected chi connectivity index (χ4v) is 3.76. The zero-order valence-corrected chi connectivity index (χ0v) is 18.9. The van der Waals surface area contributed by atoms with Crippen molar-refractivity contribution in [3.05, 3.63) is 89.2 Å². The molecule has 1 aromatic heterocycles. The van der Waals surface area contributed by atoms with Gasteiger partial charge in [-0.25, -0.2) is 0 Å². The molecule has 0 aliphatic rings. The van der Waals surface area contributed by atoms with Crippen molar-refractivity contribution in [1.29, 1.82) is 0 Å². The maximum absolute atomic E-state index is 12.8. The highest BCUT2D eigenvalue weighted by Crippen LogP contribution is 2.30. The van der Waals surface area contributed by atoms with E-state index in [1.807, 2.05) is 97.4 Å². The molecule has 6 nitrogen and oxygen atoms in total. The SMILES string of the molecule is Cc1ccc(-c2n[nH]c(=S)n2CCC(=O)Nc2ccccc2N(C)c2ccccc2)cc1. The molecule has 0 unspecified atom stereocenters. The van der Waals surface area contributed by atoms with Crippen LogP contribution in [0.3, 0.4) is 0 Å². The summed E-state index contributed by atoms with van der Waals surface area (Å²) in [5, 5.41) is 10.3. The minimum absolute atomic E-state index is 0.0862. The van der Waals surface area contributed by atoms with Gasteiger partial charge in [-0.2, -0.15) is 5.10 Å². The average Bonchev–Trinajstić information content (AvgIpc) is 3.19. The Bertz CT molecular complexity index is 1260. The van der Waals surface area contributed by atoms with Crippen LogP contribution in [0.2, 0.25) is 0 Å². The van der Waals surface area contributed by atoms with E-state index in [9.17, 15) is 4.79 Å². The van der Waals surface area contributed by atoms with Gasteiger partial charge in [-0.1, -0.05) is 60.2 Å². The Labute approximate surface area is 192 Å². The Morgan fingerprint density at radius 3 is 2.47 bits per heavy atom. The molecular weight excluding hydrogens is 418 g/mol. The van der Waals surface area contributed by atoms with Crippen molar-refractivity contribution < 1.29 is 4.79 Å². The number of para-hydroxylation sites is 3. The number of amides is 1. The highest BCUT2D eigenvalue weighted by Gasteiger charge is 2.14. The van der Waals surface area contributed by atoms with E-state index in [2.05, 4.69) is 20.4 Å². The summed E-state index contributed by atoms with van der Waals surface area (Å²) >= 11 is 5.40. The smallest absolute Gasteiger partial charge is 0.226 e. The molecule has 0 fully saturated rings. The lowest BCUT2D eigenvalue weighted by molar-refractivity contribution is -0.116. The summed E-state index contributed by atoms with van der Waals surface area (Å²) in [4.78, 5) is 14.9. The van der Waals surface area contributed by atoms with Gasteiger partial charge in [-0.15, -0.1) is 0 Å². The average molecular weight is 444 g/mol. The molecule has 1 amide bonds. The summed E-state index contributed by atoms with van der Waals surface area (Å²) in [6.45, 7) is 2.47. The van der Waals surface area contributed by atoms with Crippen LogP contribution in [-0.2, 0) is 11.3 Å². The molecular formula is C25H25N5OS. The zero-order valence-electron chi connectivity index (χ0n) is 18.1. The summed E-state index contributed by atoms with van der Waals surface area (Å²) in [6, 6.07) is 25.9. The Balaban J connectivity index is 1.48. The number of aromatic amines is 1. The van der Waals surface area contributed by atoms with Crippen LogP contribution in [0.4, 0.5) is 17.1 Å². The minimum Gasteiger partial charge on any atom is -0.343 e. The second-order valence-corrected chi connectivity index (χ2v) is 7.97. The third-order valence-electron chi connectivity index (χ3n) is 5.31. The van der Waals surface area contributed by atoms with Crippen molar-refractivity contribution in [2.75, 3.05) is 17.3 Å². The van der Waals surface area contributed by atoms with Crippen LogP contribution < -0.4 is 10.2 Å². The van der Waals surface area contributed by atoms with Gasteiger partial charge in [0.2, 0.25) is 5.91 Å². The lowest BCUT2D eigenvalue weighted by atomic mass is 10.1. The number of anilines is 3. The van der Waals surface area contributed by atoms with Crippen molar-refractivity contribution >= 4 is 35.2 Å². The third-order valence-corrected chi connectivity index (χ3v) is 5.63. The van der Waals surface area contributed by atoms with Crippen LogP contribution in [0.25, 0.3) is 11.4 Å². The van der Waals surface area contributed by atoms with Crippen LogP contribution in [0, 0.1) is 11.7 Å². The summed E-state index contributed by atoms with van der Waals surface area (Å²) in [7, 11) is 1.99. The first-order valence-electron chi connectivity index (χ1n) is 10.4. The number of hydrogen-bond acceptors (Lipinski definition) is 4. The van der Waals surface area contributed by atoms with Crippen LogP contribution >= 0.6 is 12.2 Å². The summed E-state index contributed by atoms with van der Waals surface area (Å²) in [6.07, 6.45) is 0.274. The summed E-state index contributed by atoms with van der Waals surface area (Å²) in [5.74, 6) is 0.642. The first-order valence-corrected chi connectivity index (χ1v) is 10.8. The predicted octanol–water partition coefficient (Wildman–Crippen LogP) is 5.71. The molecule has 32 heavy (non-hydrogen) atoms. The molecule has 0 aliphatic heterocycles. The maximum Gasteiger partial charge on any atom is 0.226 e. The lowest BCUT2D eigenvalue weighted by Gasteiger charge is -2.22. The predicted molar refractivity (Wildman–Crippen MR) is 132 cm³/mol. The quantitative estimate of drug-likeness (QED) is 0.359. The first-order chi connectivity index (χ1) is 15.5. The van der Waals surface area contributed by atoms with Crippen LogP contribution in [0.5, 0.6) is 0 Å². The van der Waals surface area contributed by atoms with Crippen molar-refractivity contribution in [2.24, 2.45) is 0 Å². The van der Waals surface area contributed by atoms with Crippen LogP contribution in [-0.4, -0.2) is 27.7 Å². The minimum atomic E-state index is -0.0862. The van der Waals surface area contributed by atoms with Crippen LogP contribution in [0.1, 0.15) is 12.0 Å². The number of nitrogens with one attached hydrogen (secondary N) is 2. The molecule has 0 aliphatic carbocycles. The number of hydrogen-bond donors (Lipinski definition) is 2. The standard InChI is InChI=1S/C25H25N5OS/c1-18-12-14-19(15-13-18)24-27-28-25(32)30(24)17-16-23(31)26-21-10-6-7-11-22(21)29(2)20-8-4-3-5-9-20/h3-15H,16-17H2,1-2H3,(H,26,31)(H,28,32). The van der Waals surface area contributed by atoms with E-state index in [0.717, 1.165) is 28.5 Å². The monoisotopic (exact) mass is 443 g/mol. The topological polar surface area (TPSA) is 66.0 Å². The Morgan fingerprint density at radius 1 is 1.03 bits per heavy atom. The fraction of sp³-hybridized carbons (Fsp3) is 0.160. The molecule has 0 spiro atoms. The van der Waals surface area contributed by atoms with Gasteiger partial charge < -0.3 is 10.2 Å². The molecule has 4 aromatic rings. The zero-order chi connectivity index (χ0) is 22.5. The van der Waals surface area contributed by atoms with Gasteiger partial charge in [0.05, 0.1) is 11.4 Å². The molecule has 0 radical (unpaired) electrons. The number of carbonyl (C=O) groups is 1. The number of aryl methyl sites for hydroxylation is 1. The Kier molecular flexibility index (Phi) is 6.47. The van der Waals surface area contributed by atoms with E-state index >= 15 is 0 Å². The summed E-state index contributed by atoms with van der Waals surface area (Å²) in [5.41, 5.74) is 4.86. The van der Waals surface area contributed by atoms with Crippen molar-refractivity contribution in [3.63, 3.8) is 0 Å². The summed E-state index contributed by atoms with van der Waals surface area (Å²) < 4.78 is 2.36. The Morgan fingerprint density at radius 2 is 1.72 bits per heavy atom. The van der Waals surface area contributed by atoms with E-state index in [1.54, 1.807) is 0 Å². The molecule has 0 saturated heterocycles. The number of aromatic nitrogens is 3. The van der Waals surface area contributed by atoms with E-state index < -0.39 is 0 Å². The molecule has 7 heteroatoms. The van der Waals surface area contributed by atoms with Gasteiger partial charge >= 0.3 is 0 Å². The molecule has 3 aromatic carbocycles. The third kappa shape index (κ3) is 4.78. The molecule has 0 bridgehead atoms.